The molecule has 4 aromatic rings. The molecule has 5 heterocycles. The molecule has 2 atom stereocenters. The summed E-state index contributed by atoms with van der Waals surface area (Å²) in [5, 5.41) is 7.32. The van der Waals surface area contributed by atoms with Crippen LogP contribution in [0.3, 0.4) is 0 Å². The van der Waals surface area contributed by atoms with E-state index in [2.05, 4.69) is 31.6 Å². The van der Waals surface area contributed by atoms with E-state index in [1.807, 2.05) is 24.4 Å². The molecule has 4 amide bonds. The summed E-state index contributed by atoms with van der Waals surface area (Å²) in [6, 6.07) is 11.9. The second kappa shape index (κ2) is 16.9. The Balaban J connectivity index is 0.784. The SMILES string of the molecule is O=C(CCCCCCCCN1CCC[C@@H](Nc2ncc(Cl)c(-c3c[nH]c4ccccc34)n2)C1)COc1cccc2c1C(=O)N(C1CCC(=O)NC1=O)C2=O. The molecule has 3 aliphatic rings. The van der Waals surface area contributed by atoms with E-state index in [1.165, 1.54) is 6.07 Å². The fraction of sp³-hybridized carbons (Fsp3) is 0.425. The molecule has 0 saturated carbocycles. The lowest BCUT2D eigenvalue weighted by Gasteiger charge is -2.33. The molecule has 3 N–H and O–H groups in total. The Hall–Kier alpha value is -5.14. The molecule has 0 aliphatic carbocycles. The van der Waals surface area contributed by atoms with Crippen LogP contribution >= 0.6 is 11.6 Å². The van der Waals surface area contributed by atoms with E-state index < -0.39 is 29.7 Å². The fourth-order valence-corrected chi connectivity index (χ4v) is 7.84. The van der Waals surface area contributed by atoms with Crippen LogP contribution in [0.2, 0.25) is 5.02 Å². The van der Waals surface area contributed by atoms with Crippen molar-refractivity contribution in [3.63, 3.8) is 0 Å². The number of aromatic nitrogens is 3. The molecule has 2 aromatic heterocycles. The standard InChI is InChI=1S/C40H44ClN7O6/c41-30-22-43-40(46-36(30)29-21-42-31-15-7-6-13-27(29)31)44-25-11-10-20-47(23-25)19-8-4-2-1-3-5-12-26(49)24-54-33-16-9-14-28-35(33)39(53)48(38(28)52)32-17-18-34(50)45-37(32)51/h6-7,9,13-16,21-22,25,32,42H,1-5,8,10-12,17-20,23-24H2,(H,43,44,46)(H,45,50,51)/t25-,32?/m1/s1. The van der Waals surface area contributed by atoms with Crippen LogP contribution in [-0.2, 0) is 14.4 Å². The Labute approximate surface area is 318 Å². The van der Waals surface area contributed by atoms with Crippen molar-refractivity contribution in [1.82, 2.24) is 30.1 Å². The first-order chi connectivity index (χ1) is 26.3. The summed E-state index contributed by atoms with van der Waals surface area (Å²) in [6.45, 7) is 2.85. The zero-order valence-corrected chi connectivity index (χ0v) is 30.8. The molecule has 0 bridgehead atoms. The number of likely N-dealkylation sites (tertiary alicyclic amines) is 1. The topological polar surface area (TPSA) is 167 Å². The largest absolute Gasteiger partial charge is 0.485 e. The summed E-state index contributed by atoms with van der Waals surface area (Å²) >= 11 is 6.54. The van der Waals surface area contributed by atoms with Gasteiger partial charge < -0.3 is 19.9 Å². The van der Waals surface area contributed by atoms with Crippen molar-refractivity contribution >= 4 is 57.9 Å². The molecule has 2 fully saturated rings. The molecule has 13 nitrogen and oxygen atoms in total. The number of imide groups is 2. The van der Waals surface area contributed by atoms with Crippen molar-refractivity contribution < 1.29 is 28.7 Å². The Bertz CT molecular complexity index is 2070. The van der Waals surface area contributed by atoms with E-state index in [-0.39, 0.29) is 48.2 Å². The van der Waals surface area contributed by atoms with Gasteiger partial charge in [0.1, 0.15) is 18.4 Å². The van der Waals surface area contributed by atoms with Gasteiger partial charge in [0.05, 0.1) is 28.0 Å². The quantitative estimate of drug-likeness (QED) is 0.0922. The Morgan fingerprint density at radius 1 is 0.944 bits per heavy atom. The summed E-state index contributed by atoms with van der Waals surface area (Å²) in [5.41, 5.74) is 2.87. The summed E-state index contributed by atoms with van der Waals surface area (Å²) in [5.74, 6) is -1.74. The van der Waals surface area contributed by atoms with E-state index in [9.17, 15) is 24.0 Å². The first-order valence-corrected chi connectivity index (χ1v) is 19.2. The highest BCUT2D eigenvalue weighted by Crippen LogP contribution is 2.34. The molecular formula is C40H44ClN7O6. The van der Waals surface area contributed by atoms with Crippen LogP contribution in [0.1, 0.15) is 91.3 Å². The van der Waals surface area contributed by atoms with Crippen LogP contribution in [0, 0.1) is 0 Å². The third-order valence-electron chi connectivity index (χ3n) is 10.4. The maximum atomic E-state index is 13.2. The summed E-state index contributed by atoms with van der Waals surface area (Å²) < 4.78 is 5.73. The highest BCUT2D eigenvalue weighted by molar-refractivity contribution is 6.33. The Morgan fingerprint density at radius 2 is 1.76 bits per heavy atom. The van der Waals surface area contributed by atoms with Crippen molar-refractivity contribution in [3.05, 3.63) is 71.0 Å². The van der Waals surface area contributed by atoms with Gasteiger partial charge in [-0.05, 0) is 63.4 Å². The van der Waals surface area contributed by atoms with Crippen molar-refractivity contribution in [2.75, 3.05) is 31.6 Å². The number of ether oxygens (including phenoxy) is 1. The number of hydrogen-bond donors (Lipinski definition) is 3. The number of nitrogens with one attached hydrogen (secondary N) is 3. The maximum Gasteiger partial charge on any atom is 0.266 e. The first-order valence-electron chi connectivity index (χ1n) is 18.8. The van der Waals surface area contributed by atoms with Gasteiger partial charge in [-0.3, -0.25) is 34.2 Å². The van der Waals surface area contributed by atoms with Crippen LogP contribution in [0.5, 0.6) is 5.75 Å². The molecule has 14 heteroatoms. The Kier molecular flexibility index (Phi) is 11.6. The maximum absolute atomic E-state index is 13.2. The average Bonchev–Trinajstić information content (AvgIpc) is 3.71. The van der Waals surface area contributed by atoms with E-state index in [0.29, 0.717) is 23.1 Å². The van der Waals surface area contributed by atoms with Gasteiger partial charge >= 0.3 is 0 Å². The summed E-state index contributed by atoms with van der Waals surface area (Å²) in [6.07, 6.45) is 12.3. The van der Waals surface area contributed by atoms with Gasteiger partial charge in [-0.2, -0.15) is 0 Å². The number of carbonyl (C=O) groups is 5. The number of Topliss-reactive ketones (excluding diaryl/α,β-unsaturated/α-hetero) is 1. The number of benzene rings is 2. The second-order valence-corrected chi connectivity index (χ2v) is 14.7. The number of halogens is 1. The minimum absolute atomic E-state index is 0.0387. The monoisotopic (exact) mass is 753 g/mol. The number of unbranched alkanes of at least 4 members (excludes halogenated alkanes) is 5. The van der Waals surface area contributed by atoms with Gasteiger partial charge in [0.25, 0.3) is 11.8 Å². The minimum atomic E-state index is -1.06. The van der Waals surface area contributed by atoms with Gasteiger partial charge in [-0.1, -0.05) is 61.5 Å². The van der Waals surface area contributed by atoms with Gasteiger partial charge in [-0.15, -0.1) is 0 Å². The predicted molar refractivity (Wildman–Crippen MR) is 203 cm³/mol. The van der Waals surface area contributed by atoms with Crippen LogP contribution in [-0.4, -0.2) is 92.5 Å². The van der Waals surface area contributed by atoms with Crippen LogP contribution in [0.15, 0.2) is 54.9 Å². The number of fused-ring (bicyclic) bond motifs is 2. The molecule has 1 unspecified atom stereocenters. The number of amides is 4. The van der Waals surface area contributed by atoms with Crippen molar-refractivity contribution in [2.45, 2.75) is 82.7 Å². The predicted octanol–water partition coefficient (Wildman–Crippen LogP) is 5.93. The number of aromatic amines is 1. The lowest BCUT2D eigenvalue weighted by molar-refractivity contribution is -0.136. The number of hydrogen-bond acceptors (Lipinski definition) is 10. The first kappa shape index (κ1) is 37.2. The van der Waals surface area contributed by atoms with Gasteiger partial charge in [-0.25, -0.2) is 9.97 Å². The number of H-pyrrole nitrogens is 1. The number of rotatable bonds is 16. The minimum Gasteiger partial charge on any atom is -0.485 e. The third-order valence-corrected chi connectivity index (χ3v) is 10.7. The van der Waals surface area contributed by atoms with Crippen molar-refractivity contribution in [2.24, 2.45) is 0 Å². The number of anilines is 1. The van der Waals surface area contributed by atoms with Crippen LogP contribution < -0.4 is 15.4 Å². The zero-order chi connectivity index (χ0) is 37.6. The molecule has 2 aromatic carbocycles. The van der Waals surface area contributed by atoms with Crippen LogP contribution in [0.25, 0.3) is 22.2 Å². The number of ketones is 1. The van der Waals surface area contributed by atoms with Gasteiger partial charge in [0.15, 0.2) is 5.78 Å². The average molecular weight is 754 g/mol. The van der Waals surface area contributed by atoms with E-state index in [0.717, 1.165) is 92.4 Å². The van der Waals surface area contributed by atoms with E-state index in [4.69, 9.17) is 21.3 Å². The molecule has 54 heavy (non-hydrogen) atoms. The zero-order valence-electron chi connectivity index (χ0n) is 30.1. The van der Waals surface area contributed by atoms with E-state index in [1.54, 1.807) is 18.3 Å². The summed E-state index contributed by atoms with van der Waals surface area (Å²) in [4.78, 5) is 78.8. The molecule has 0 spiro atoms. The molecular weight excluding hydrogens is 710 g/mol. The highest BCUT2D eigenvalue weighted by Gasteiger charge is 2.46. The van der Waals surface area contributed by atoms with Gasteiger partial charge in [0, 0.05) is 48.1 Å². The number of para-hydroxylation sites is 1. The number of nitrogens with zero attached hydrogens (tertiary/aromatic N) is 4. The number of piperidine rings is 2. The molecule has 7 rings (SSSR count). The molecule has 2 saturated heterocycles. The lowest BCUT2D eigenvalue weighted by Crippen LogP contribution is -2.54. The molecule has 3 aliphatic heterocycles. The Morgan fingerprint density at radius 3 is 2.61 bits per heavy atom. The second-order valence-electron chi connectivity index (χ2n) is 14.2. The van der Waals surface area contributed by atoms with Gasteiger partial charge in [0.2, 0.25) is 17.8 Å². The normalized spacial score (nSPS) is 18.9. The van der Waals surface area contributed by atoms with Crippen molar-refractivity contribution in [3.8, 4) is 17.0 Å². The van der Waals surface area contributed by atoms with Crippen molar-refractivity contribution in [1.29, 1.82) is 0 Å². The number of carbonyl (C=O) groups excluding carboxylic acids is 5. The third kappa shape index (κ3) is 8.32. The molecule has 282 valence electrons. The molecule has 0 radical (unpaired) electrons. The lowest BCUT2D eigenvalue weighted by atomic mass is 10.0. The smallest absolute Gasteiger partial charge is 0.266 e. The highest BCUT2D eigenvalue weighted by atomic mass is 35.5. The fourth-order valence-electron chi connectivity index (χ4n) is 7.65. The van der Waals surface area contributed by atoms with Crippen LogP contribution in [0.4, 0.5) is 5.95 Å². The van der Waals surface area contributed by atoms with E-state index >= 15 is 0 Å². The summed E-state index contributed by atoms with van der Waals surface area (Å²) in [7, 11) is 0.